The van der Waals surface area contributed by atoms with Gasteiger partial charge in [0.15, 0.2) is 0 Å². The van der Waals surface area contributed by atoms with Crippen molar-refractivity contribution in [2.75, 3.05) is 32.1 Å². The molecule has 0 fully saturated rings. The summed E-state index contributed by atoms with van der Waals surface area (Å²) in [7, 11) is 1.33. The van der Waals surface area contributed by atoms with E-state index in [-0.39, 0.29) is 12.1 Å². The van der Waals surface area contributed by atoms with Gasteiger partial charge in [-0.05, 0) is 44.3 Å². The monoisotopic (exact) mass is 307 g/mol. The van der Waals surface area contributed by atoms with E-state index in [1.54, 1.807) is 24.3 Å². The van der Waals surface area contributed by atoms with Crippen LogP contribution in [0.3, 0.4) is 0 Å². The molecule has 22 heavy (non-hydrogen) atoms. The molecule has 1 aromatic rings. The van der Waals surface area contributed by atoms with Crippen LogP contribution in [0.4, 0.5) is 10.5 Å². The van der Waals surface area contributed by atoms with E-state index in [0.29, 0.717) is 17.8 Å². The fraction of sp³-hybridized carbons (Fsp3) is 0.500. The van der Waals surface area contributed by atoms with Gasteiger partial charge in [-0.1, -0.05) is 13.8 Å². The van der Waals surface area contributed by atoms with Gasteiger partial charge in [0.1, 0.15) is 0 Å². The van der Waals surface area contributed by atoms with Gasteiger partial charge in [0, 0.05) is 18.3 Å². The maximum absolute atomic E-state index is 11.9. The molecule has 2 N–H and O–H groups in total. The molecule has 1 atom stereocenters. The average Bonchev–Trinajstić information content (AvgIpc) is 2.54. The first-order valence-corrected chi connectivity index (χ1v) is 7.49. The molecule has 1 aromatic carbocycles. The van der Waals surface area contributed by atoms with Crippen molar-refractivity contribution in [2.45, 2.75) is 26.8 Å². The van der Waals surface area contributed by atoms with E-state index in [1.165, 1.54) is 7.11 Å². The summed E-state index contributed by atoms with van der Waals surface area (Å²) in [5.74, 6) is -0.399. The van der Waals surface area contributed by atoms with Gasteiger partial charge in [-0.25, -0.2) is 9.59 Å². The van der Waals surface area contributed by atoms with Crippen LogP contribution in [-0.4, -0.2) is 49.7 Å². The molecule has 0 radical (unpaired) electrons. The lowest BCUT2D eigenvalue weighted by Gasteiger charge is -2.26. The topological polar surface area (TPSA) is 70.7 Å². The van der Waals surface area contributed by atoms with Gasteiger partial charge in [0.2, 0.25) is 0 Å². The highest BCUT2D eigenvalue weighted by Gasteiger charge is 2.11. The zero-order chi connectivity index (χ0) is 16.5. The molecule has 6 nitrogen and oxygen atoms in total. The molecule has 1 rings (SSSR count). The Bertz CT molecular complexity index is 484. The zero-order valence-corrected chi connectivity index (χ0v) is 13.7. The third kappa shape index (κ3) is 5.37. The number of hydrogen-bond acceptors (Lipinski definition) is 4. The molecule has 2 amide bonds. The maximum Gasteiger partial charge on any atom is 0.337 e. The minimum Gasteiger partial charge on any atom is -0.465 e. The minimum absolute atomic E-state index is 0.259. The van der Waals surface area contributed by atoms with Crippen LogP contribution in [0.1, 0.15) is 31.1 Å². The Hall–Kier alpha value is -2.08. The number of hydrogen-bond donors (Lipinski definition) is 2. The van der Waals surface area contributed by atoms with E-state index in [4.69, 9.17) is 0 Å². The molecule has 0 aromatic heterocycles. The Kier molecular flexibility index (Phi) is 7.39. The van der Waals surface area contributed by atoms with Crippen LogP contribution in [-0.2, 0) is 4.74 Å². The number of esters is 1. The highest BCUT2D eigenvalue weighted by molar-refractivity contribution is 5.92. The smallest absolute Gasteiger partial charge is 0.337 e. The van der Waals surface area contributed by atoms with Crippen molar-refractivity contribution < 1.29 is 14.3 Å². The first-order valence-electron chi connectivity index (χ1n) is 7.49. The predicted octanol–water partition coefficient (Wildman–Crippen LogP) is 2.33. The fourth-order valence-corrected chi connectivity index (χ4v) is 2.20. The molecular weight excluding hydrogens is 282 g/mol. The second kappa shape index (κ2) is 9.04. The van der Waals surface area contributed by atoms with Crippen molar-refractivity contribution in [3.8, 4) is 0 Å². The van der Waals surface area contributed by atoms with Gasteiger partial charge >= 0.3 is 12.0 Å². The molecular formula is C16H25N3O3. The molecule has 0 heterocycles. The quantitative estimate of drug-likeness (QED) is 0.759. The van der Waals surface area contributed by atoms with Crippen LogP contribution >= 0.6 is 0 Å². The Morgan fingerprint density at radius 2 is 1.77 bits per heavy atom. The fourth-order valence-electron chi connectivity index (χ4n) is 2.20. The number of benzene rings is 1. The summed E-state index contributed by atoms with van der Waals surface area (Å²) in [5.41, 5.74) is 1.07. The molecule has 0 saturated carbocycles. The Balaban J connectivity index is 2.46. The molecule has 0 bridgehead atoms. The molecule has 0 spiro atoms. The minimum atomic E-state index is -0.399. The van der Waals surface area contributed by atoms with Crippen LogP contribution < -0.4 is 10.6 Å². The lowest BCUT2D eigenvalue weighted by atomic mass is 10.2. The summed E-state index contributed by atoms with van der Waals surface area (Å²) in [6, 6.07) is 6.58. The van der Waals surface area contributed by atoms with Crippen molar-refractivity contribution >= 4 is 17.7 Å². The Morgan fingerprint density at radius 1 is 1.18 bits per heavy atom. The van der Waals surface area contributed by atoms with Gasteiger partial charge in [0.05, 0.1) is 12.7 Å². The van der Waals surface area contributed by atoms with E-state index in [1.807, 2.05) is 0 Å². The number of carbonyl (C=O) groups is 2. The molecule has 0 saturated heterocycles. The average molecular weight is 307 g/mol. The summed E-state index contributed by atoms with van der Waals surface area (Å²) in [6.45, 7) is 8.77. The summed E-state index contributed by atoms with van der Waals surface area (Å²) in [4.78, 5) is 25.4. The highest BCUT2D eigenvalue weighted by atomic mass is 16.5. The summed E-state index contributed by atoms with van der Waals surface area (Å²) >= 11 is 0. The SMILES string of the molecule is CCN(CC)C(C)CNC(=O)Nc1ccc(C(=O)OC)cc1. The van der Waals surface area contributed by atoms with Crippen LogP contribution in [0.5, 0.6) is 0 Å². The van der Waals surface area contributed by atoms with Crippen molar-refractivity contribution in [1.82, 2.24) is 10.2 Å². The Labute approximate surface area is 131 Å². The summed E-state index contributed by atoms with van der Waals surface area (Å²) in [5, 5.41) is 5.58. The van der Waals surface area contributed by atoms with Crippen molar-refractivity contribution in [2.24, 2.45) is 0 Å². The number of rotatable bonds is 7. The van der Waals surface area contributed by atoms with Crippen LogP contribution in [0.25, 0.3) is 0 Å². The largest absolute Gasteiger partial charge is 0.465 e. The molecule has 122 valence electrons. The number of ether oxygens (including phenoxy) is 1. The number of methoxy groups -OCH3 is 1. The van der Waals surface area contributed by atoms with Gasteiger partial charge in [-0.2, -0.15) is 0 Å². The van der Waals surface area contributed by atoms with Gasteiger partial charge in [-0.15, -0.1) is 0 Å². The first kappa shape index (κ1) is 18.0. The summed E-state index contributed by atoms with van der Waals surface area (Å²) < 4.78 is 4.62. The molecule has 0 aliphatic carbocycles. The van der Waals surface area contributed by atoms with Crippen molar-refractivity contribution in [1.29, 1.82) is 0 Å². The number of carbonyl (C=O) groups excluding carboxylic acids is 2. The van der Waals surface area contributed by atoms with Crippen molar-refractivity contribution in [3.63, 3.8) is 0 Å². The predicted molar refractivity (Wildman–Crippen MR) is 87.2 cm³/mol. The van der Waals surface area contributed by atoms with Crippen molar-refractivity contribution in [3.05, 3.63) is 29.8 Å². The zero-order valence-electron chi connectivity index (χ0n) is 13.7. The second-order valence-corrected chi connectivity index (χ2v) is 4.97. The van der Waals surface area contributed by atoms with Gasteiger partial charge in [0.25, 0.3) is 0 Å². The van der Waals surface area contributed by atoms with E-state index in [9.17, 15) is 9.59 Å². The lowest BCUT2D eigenvalue weighted by Crippen LogP contribution is -2.43. The maximum atomic E-state index is 11.9. The molecule has 6 heteroatoms. The van der Waals surface area contributed by atoms with Crippen LogP contribution in [0, 0.1) is 0 Å². The number of anilines is 1. The normalized spacial score (nSPS) is 11.9. The van der Waals surface area contributed by atoms with E-state index >= 15 is 0 Å². The number of likely N-dealkylation sites (N-methyl/N-ethyl adjacent to an activating group) is 1. The molecule has 0 aliphatic rings. The number of urea groups is 1. The highest BCUT2D eigenvalue weighted by Crippen LogP contribution is 2.10. The molecule has 0 aliphatic heterocycles. The third-order valence-corrected chi connectivity index (χ3v) is 3.56. The van der Waals surface area contributed by atoms with E-state index < -0.39 is 5.97 Å². The van der Waals surface area contributed by atoms with Gasteiger partial charge < -0.3 is 15.4 Å². The first-order chi connectivity index (χ1) is 10.5. The van der Waals surface area contributed by atoms with Gasteiger partial charge in [-0.3, -0.25) is 4.90 Å². The van der Waals surface area contributed by atoms with E-state index in [2.05, 4.69) is 41.0 Å². The lowest BCUT2D eigenvalue weighted by molar-refractivity contribution is 0.0601. The van der Waals surface area contributed by atoms with Crippen LogP contribution in [0.15, 0.2) is 24.3 Å². The number of nitrogens with one attached hydrogen (secondary N) is 2. The summed E-state index contributed by atoms with van der Waals surface area (Å²) in [6.07, 6.45) is 0. The Morgan fingerprint density at radius 3 is 2.27 bits per heavy atom. The number of amides is 2. The third-order valence-electron chi connectivity index (χ3n) is 3.56. The standard InChI is InChI=1S/C16H25N3O3/c1-5-19(6-2)12(3)11-17-16(21)18-14-9-7-13(8-10-14)15(20)22-4/h7-10,12H,5-6,11H2,1-4H3,(H2,17,18,21). The van der Waals surface area contributed by atoms with E-state index in [0.717, 1.165) is 13.1 Å². The number of nitrogens with zero attached hydrogens (tertiary/aromatic N) is 1. The molecule has 1 unspecified atom stereocenters. The second-order valence-electron chi connectivity index (χ2n) is 4.97. The van der Waals surface area contributed by atoms with Crippen LogP contribution in [0.2, 0.25) is 0 Å².